The molecule has 0 atom stereocenters. The average molecular weight is 214 g/mol. The van der Waals surface area contributed by atoms with E-state index in [1.165, 1.54) is 0 Å². The van der Waals surface area contributed by atoms with E-state index in [1.807, 2.05) is 0 Å². The number of allylic oxidation sites excluding steroid dienone is 1. The van der Waals surface area contributed by atoms with Gasteiger partial charge in [-0.2, -0.15) is 26.3 Å². The van der Waals surface area contributed by atoms with Crippen LogP contribution in [0, 0.1) is 0 Å². The van der Waals surface area contributed by atoms with Crippen LogP contribution >= 0.6 is 0 Å². The lowest BCUT2D eigenvalue weighted by molar-refractivity contribution is -0.322. The van der Waals surface area contributed by atoms with Gasteiger partial charge in [0.15, 0.2) is 0 Å². The van der Waals surface area contributed by atoms with E-state index in [2.05, 4.69) is 0 Å². The molecule has 0 aliphatic heterocycles. The summed E-state index contributed by atoms with van der Waals surface area (Å²) >= 11 is 0. The normalized spacial score (nSPS) is 15.4. The Bertz CT molecular complexity index is 182. The third-order valence-corrected chi connectivity index (χ3v) is 1.12. The van der Waals surface area contributed by atoms with Crippen LogP contribution in [0.3, 0.4) is 0 Å². The molecule has 0 fully saturated rings. The molecule has 0 aliphatic carbocycles. The first-order chi connectivity index (χ1) is 5.56. The molecule has 0 aromatic carbocycles. The van der Waals surface area contributed by atoms with Crippen LogP contribution in [-0.2, 0) is 0 Å². The summed E-state index contributed by atoms with van der Waals surface area (Å²) in [6, 6.07) is 0. The second kappa shape index (κ2) is 3.15. The molecule has 0 aliphatic rings. The van der Waals surface area contributed by atoms with Crippen LogP contribution < -0.4 is 0 Å². The third-order valence-electron chi connectivity index (χ3n) is 1.12. The van der Waals surface area contributed by atoms with Crippen molar-refractivity contribution in [2.45, 2.75) is 18.0 Å². The van der Waals surface area contributed by atoms with Crippen molar-refractivity contribution >= 4 is 0 Å². The highest BCUT2D eigenvalue weighted by Gasteiger charge is 2.71. The number of hydrogen-bond acceptors (Lipinski definition) is 0. The molecular formula is C5H2F8. The van der Waals surface area contributed by atoms with E-state index < -0.39 is 30.4 Å². The molecule has 0 spiro atoms. The Morgan fingerprint density at radius 1 is 0.692 bits per heavy atom. The SMILES string of the molecule is F/C=C\C(F)(C(F)(F)F)C(F)(F)F. The second-order valence-electron chi connectivity index (χ2n) is 2.00. The molecule has 0 rings (SSSR count). The molecule has 0 aromatic heterocycles. The number of halogens is 8. The van der Waals surface area contributed by atoms with Crippen molar-refractivity contribution in [2.24, 2.45) is 0 Å². The molecule has 0 aromatic rings. The molecule has 0 saturated carbocycles. The van der Waals surface area contributed by atoms with Crippen molar-refractivity contribution in [2.75, 3.05) is 0 Å². The van der Waals surface area contributed by atoms with E-state index in [4.69, 9.17) is 0 Å². The summed E-state index contributed by atoms with van der Waals surface area (Å²) in [4.78, 5) is 0. The molecule has 0 heterocycles. The van der Waals surface area contributed by atoms with Crippen molar-refractivity contribution in [1.29, 1.82) is 0 Å². The molecule has 0 bridgehead atoms. The van der Waals surface area contributed by atoms with Gasteiger partial charge in [-0.25, -0.2) is 8.78 Å². The molecular weight excluding hydrogens is 212 g/mol. The lowest BCUT2D eigenvalue weighted by Gasteiger charge is -2.26. The lowest BCUT2D eigenvalue weighted by Crippen LogP contribution is -2.51. The van der Waals surface area contributed by atoms with E-state index in [9.17, 15) is 35.1 Å². The second-order valence-corrected chi connectivity index (χ2v) is 2.00. The molecule has 8 heteroatoms. The van der Waals surface area contributed by atoms with E-state index in [0.717, 1.165) is 0 Å². The van der Waals surface area contributed by atoms with Crippen LogP contribution in [0.1, 0.15) is 0 Å². The minimum Gasteiger partial charge on any atom is -0.219 e. The predicted molar refractivity (Wildman–Crippen MR) is 26.2 cm³/mol. The summed E-state index contributed by atoms with van der Waals surface area (Å²) in [5.41, 5.74) is -5.63. The maximum absolute atomic E-state index is 12.2. The van der Waals surface area contributed by atoms with Gasteiger partial charge in [-0.05, 0) is 6.08 Å². The van der Waals surface area contributed by atoms with Gasteiger partial charge < -0.3 is 0 Å². The van der Waals surface area contributed by atoms with Crippen LogP contribution in [0.25, 0.3) is 0 Å². The summed E-state index contributed by atoms with van der Waals surface area (Å²) in [5, 5.41) is 0. The monoisotopic (exact) mass is 214 g/mol. The highest BCUT2D eigenvalue weighted by atomic mass is 19.4. The molecule has 0 amide bonds. The van der Waals surface area contributed by atoms with E-state index in [1.54, 1.807) is 0 Å². The number of rotatable bonds is 1. The summed E-state index contributed by atoms with van der Waals surface area (Å²) in [7, 11) is 0. The fourth-order valence-corrected chi connectivity index (χ4v) is 0.437. The zero-order valence-corrected chi connectivity index (χ0v) is 5.68. The Kier molecular flexibility index (Phi) is 2.95. The van der Waals surface area contributed by atoms with Crippen molar-refractivity contribution in [1.82, 2.24) is 0 Å². The summed E-state index contributed by atoms with van der Waals surface area (Å²) in [6.07, 6.45) is -14.8. The Morgan fingerprint density at radius 3 is 1.08 bits per heavy atom. The summed E-state index contributed by atoms with van der Waals surface area (Å²) in [6.45, 7) is 0. The quantitative estimate of drug-likeness (QED) is 0.587. The van der Waals surface area contributed by atoms with Crippen molar-refractivity contribution in [3.05, 3.63) is 12.4 Å². The van der Waals surface area contributed by atoms with Gasteiger partial charge in [0.1, 0.15) is 0 Å². The van der Waals surface area contributed by atoms with Crippen molar-refractivity contribution in [3.8, 4) is 0 Å². The fourth-order valence-electron chi connectivity index (χ4n) is 0.437. The Labute approximate surface area is 66.8 Å². The van der Waals surface area contributed by atoms with E-state index in [0.29, 0.717) is 0 Å². The van der Waals surface area contributed by atoms with Crippen LogP contribution in [0.4, 0.5) is 35.1 Å². The van der Waals surface area contributed by atoms with Gasteiger partial charge in [-0.3, -0.25) is 0 Å². The third kappa shape index (κ3) is 2.10. The average Bonchev–Trinajstić information content (AvgIpc) is 1.82. The molecule has 0 radical (unpaired) electrons. The molecule has 0 unspecified atom stereocenters. The molecule has 0 N–H and O–H groups in total. The van der Waals surface area contributed by atoms with Crippen LogP contribution in [0.15, 0.2) is 12.4 Å². The standard InChI is InChI=1S/C5H2F8/c6-2-1-3(7,4(8,9)10)5(11,12)13/h1-2H/b2-1-. The first-order valence-corrected chi connectivity index (χ1v) is 2.66. The Balaban J connectivity index is 5.21. The zero-order chi connectivity index (χ0) is 10.9. The molecule has 0 saturated heterocycles. The summed E-state index contributed by atoms with van der Waals surface area (Å²) < 4.78 is 92.2. The number of hydrogen-bond donors (Lipinski definition) is 0. The van der Waals surface area contributed by atoms with E-state index >= 15 is 0 Å². The smallest absolute Gasteiger partial charge is 0.219 e. The highest BCUT2D eigenvalue weighted by molar-refractivity contribution is 5.08. The van der Waals surface area contributed by atoms with E-state index in [-0.39, 0.29) is 0 Å². The lowest BCUT2D eigenvalue weighted by atomic mass is 10.1. The maximum atomic E-state index is 12.2. The van der Waals surface area contributed by atoms with Crippen molar-refractivity contribution < 1.29 is 35.1 Å². The first kappa shape index (κ1) is 12.2. The Morgan fingerprint density at radius 2 is 1.00 bits per heavy atom. The minimum atomic E-state index is -6.23. The van der Waals surface area contributed by atoms with Crippen molar-refractivity contribution in [3.63, 3.8) is 0 Å². The molecule has 13 heavy (non-hydrogen) atoms. The fraction of sp³-hybridized carbons (Fsp3) is 0.600. The van der Waals surface area contributed by atoms with Crippen LogP contribution in [0.5, 0.6) is 0 Å². The van der Waals surface area contributed by atoms with Gasteiger partial charge in [-0.15, -0.1) is 0 Å². The summed E-state index contributed by atoms with van der Waals surface area (Å²) in [5.74, 6) is 0. The minimum absolute atomic E-state index is 1.14. The number of alkyl halides is 7. The van der Waals surface area contributed by atoms with Gasteiger partial charge in [0.05, 0.1) is 6.33 Å². The van der Waals surface area contributed by atoms with Crippen LogP contribution in [0.2, 0.25) is 0 Å². The highest BCUT2D eigenvalue weighted by Crippen LogP contribution is 2.47. The molecule has 78 valence electrons. The topological polar surface area (TPSA) is 0 Å². The zero-order valence-electron chi connectivity index (χ0n) is 5.68. The van der Waals surface area contributed by atoms with Gasteiger partial charge in [0.2, 0.25) is 0 Å². The first-order valence-electron chi connectivity index (χ1n) is 2.66. The van der Waals surface area contributed by atoms with Gasteiger partial charge in [0, 0.05) is 0 Å². The largest absolute Gasteiger partial charge is 0.435 e. The van der Waals surface area contributed by atoms with Crippen LogP contribution in [-0.4, -0.2) is 18.0 Å². The maximum Gasteiger partial charge on any atom is 0.435 e. The van der Waals surface area contributed by atoms with Gasteiger partial charge in [0.25, 0.3) is 0 Å². The van der Waals surface area contributed by atoms with Gasteiger partial charge in [-0.1, -0.05) is 0 Å². The Hall–Kier alpha value is -0.820. The van der Waals surface area contributed by atoms with Gasteiger partial charge >= 0.3 is 18.0 Å². The molecule has 0 nitrogen and oxygen atoms in total. The predicted octanol–water partition coefficient (Wildman–Crippen LogP) is 3.30.